The third-order valence-electron chi connectivity index (χ3n) is 4.75. The first-order valence-corrected chi connectivity index (χ1v) is 7.91. The zero-order valence-corrected chi connectivity index (χ0v) is 15.0. The molecule has 3 rings (SSSR count). The molecule has 1 atom stereocenters. The van der Waals surface area contributed by atoms with Gasteiger partial charge < -0.3 is 15.5 Å². The number of piperidine rings is 1. The zero-order valence-electron chi connectivity index (χ0n) is 13.4. The van der Waals surface area contributed by atoms with E-state index >= 15 is 0 Å². The second kappa shape index (κ2) is 9.30. The molecular formula is C16H26Cl2N4O. The Kier molecular flexibility index (Phi) is 8.09. The number of carbonyl (C=O) groups is 1. The summed E-state index contributed by atoms with van der Waals surface area (Å²) in [5.74, 6) is 1.90. The van der Waals surface area contributed by atoms with Gasteiger partial charge in [0.25, 0.3) is 0 Å². The van der Waals surface area contributed by atoms with Crippen LogP contribution in [0.15, 0.2) is 24.4 Å². The van der Waals surface area contributed by atoms with Gasteiger partial charge in [-0.25, -0.2) is 4.98 Å². The normalized spacial score (nSPS) is 19.8. The van der Waals surface area contributed by atoms with Gasteiger partial charge in [0.2, 0.25) is 5.91 Å². The van der Waals surface area contributed by atoms with Crippen LogP contribution in [0, 0.1) is 11.8 Å². The molecule has 130 valence electrons. The molecule has 1 amide bonds. The summed E-state index contributed by atoms with van der Waals surface area (Å²) in [7, 11) is 0. The molecule has 2 aliphatic rings. The maximum absolute atomic E-state index is 12.2. The van der Waals surface area contributed by atoms with E-state index in [0.717, 1.165) is 44.8 Å². The summed E-state index contributed by atoms with van der Waals surface area (Å²) in [6.45, 7) is 5.92. The summed E-state index contributed by atoms with van der Waals surface area (Å²) in [5, 5.41) is 6.46. The number of hydrogen-bond acceptors (Lipinski definition) is 4. The van der Waals surface area contributed by atoms with Crippen LogP contribution >= 0.6 is 24.8 Å². The Morgan fingerprint density at radius 2 is 2.00 bits per heavy atom. The molecule has 0 saturated carbocycles. The van der Waals surface area contributed by atoms with Crippen molar-refractivity contribution in [1.82, 2.24) is 15.6 Å². The summed E-state index contributed by atoms with van der Waals surface area (Å²) < 4.78 is 0. The predicted octanol–water partition coefficient (Wildman–Crippen LogP) is 1.87. The van der Waals surface area contributed by atoms with Gasteiger partial charge in [-0.3, -0.25) is 4.79 Å². The number of pyridine rings is 1. The van der Waals surface area contributed by atoms with E-state index in [1.807, 2.05) is 31.3 Å². The Balaban J connectivity index is 0.00000132. The lowest BCUT2D eigenvalue weighted by molar-refractivity contribution is -0.127. The number of nitrogens with one attached hydrogen (secondary N) is 2. The molecule has 2 aliphatic heterocycles. The van der Waals surface area contributed by atoms with Gasteiger partial charge in [-0.05, 0) is 44.0 Å². The molecule has 2 N–H and O–H groups in total. The van der Waals surface area contributed by atoms with E-state index in [4.69, 9.17) is 0 Å². The average Bonchev–Trinajstić information content (AvgIpc) is 2.47. The van der Waals surface area contributed by atoms with E-state index in [-0.39, 0.29) is 36.6 Å². The second-order valence-corrected chi connectivity index (χ2v) is 6.16. The number of anilines is 1. The summed E-state index contributed by atoms with van der Waals surface area (Å²) in [4.78, 5) is 18.9. The summed E-state index contributed by atoms with van der Waals surface area (Å²) in [6, 6.07) is 6.32. The van der Waals surface area contributed by atoms with Crippen LogP contribution in [-0.4, -0.2) is 43.1 Å². The molecule has 1 unspecified atom stereocenters. The van der Waals surface area contributed by atoms with E-state index in [1.54, 1.807) is 0 Å². The van der Waals surface area contributed by atoms with Gasteiger partial charge in [0, 0.05) is 31.2 Å². The Morgan fingerprint density at radius 3 is 2.52 bits per heavy atom. The number of carbonyl (C=O) groups excluding carboxylic acids is 1. The summed E-state index contributed by atoms with van der Waals surface area (Å²) in [5.41, 5.74) is 0. The fourth-order valence-electron chi connectivity index (χ4n) is 3.00. The van der Waals surface area contributed by atoms with Crippen molar-refractivity contribution in [2.24, 2.45) is 11.8 Å². The zero-order chi connectivity index (χ0) is 14.7. The van der Waals surface area contributed by atoms with Crippen molar-refractivity contribution in [3.8, 4) is 0 Å². The number of nitrogens with zero attached hydrogens (tertiary/aromatic N) is 2. The fourth-order valence-corrected chi connectivity index (χ4v) is 3.00. The van der Waals surface area contributed by atoms with Crippen molar-refractivity contribution in [2.75, 3.05) is 31.1 Å². The van der Waals surface area contributed by atoms with Crippen molar-refractivity contribution < 1.29 is 4.79 Å². The highest BCUT2D eigenvalue weighted by Gasteiger charge is 2.30. The van der Waals surface area contributed by atoms with Gasteiger partial charge in [-0.15, -0.1) is 24.8 Å². The highest BCUT2D eigenvalue weighted by atomic mass is 35.5. The van der Waals surface area contributed by atoms with Crippen LogP contribution in [0.1, 0.15) is 19.8 Å². The number of halogens is 2. The van der Waals surface area contributed by atoms with Gasteiger partial charge in [0.05, 0.1) is 0 Å². The number of rotatable bonds is 4. The van der Waals surface area contributed by atoms with Crippen LogP contribution < -0.4 is 15.5 Å². The minimum Gasteiger partial charge on any atom is -0.356 e. The Bertz CT molecular complexity index is 476. The molecule has 1 aromatic heterocycles. The Hall–Kier alpha value is -1.04. The largest absolute Gasteiger partial charge is 0.356 e. The Morgan fingerprint density at radius 1 is 1.30 bits per heavy atom. The number of hydrogen-bond donors (Lipinski definition) is 2. The monoisotopic (exact) mass is 360 g/mol. The van der Waals surface area contributed by atoms with E-state index in [1.165, 1.54) is 0 Å². The molecule has 0 spiro atoms. The first kappa shape index (κ1) is 20.0. The molecule has 7 heteroatoms. The second-order valence-electron chi connectivity index (χ2n) is 6.16. The first-order chi connectivity index (χ1) is 10.2. The molecule has 0 aromatic carbocycles. The summed E-state index contributed by atoms with van der Waals surface area (Å²) in [6.07, 6.45) is 3.83. The molecule has 1 aromatic rings. The van der Waals surface area contributed by atoms with Crippen LogP contribution in [0.25, 0.3) is 0 Å². The van der Waals surface area contributed by atoms with Crippen molar-refractivity contribution in [1.29, 1.82) is 0 Å². The van der Waals surface area contributed by atoms with Gasteiger partial charge in [-0.2, -0.15) is 0 Å². The molecule has 0 aliphatic carbocycles. The number of aromatic nitrogens is 1. The van der Waals surface area contributed by atoms with Gasteiger partial charge >= 0.3 is 0 Å². The van der Waals surface area contributed by atoms with Crippen LogP contribution in [0.3, 0.4) is 0 Å². The molecule has 2 fully saturated rings. The lowest BCUT2D eigenvalue weighted by Gasteiger charge is -2.36. The molecule has 0 radical (unpaired) electrons. The third kappa shape index (κ3) is 4.96. The van der Waals surface area contributed by atoms with Gasteiger partial charge in [0.1, 0.15) is 5.82 Å². The van der Waals surface area contributed by atoms with Crippen LogP contribution in [-0.2, 0) is 4.79 Å². The molecule has 3 heterocycles. The topological polar surface area (TPSA) is 57.3 Å². The highest BCUT2D eigenvalue weighted by Crippen LogP contribution is 2.19. The van der Waals surface area contributed by atoms with Crippen LogP contribution in [0.4, 0.5) is 5.82 Å². The maximum atomic E-state index is 12.2. The first-order valence-electron chi connectivity index (χ1n) is 7.91. The lowest BCUT2D eigenvalue weighted by atomic mass is 9.88. The van der Waals surface area contributed by atoms with Gasteiger partial charge in [-0.1, -0.05) is 13.0 Å². The van der Waals surface area contributed by atoms with Crippen LogP contribution in [0.5, 0.6) is 0 Å². The van der Waals surface area contributed by atoms with Crippen molar-refractivity contribution >= 4 is 36.5 Å². The summed E-state index contributed by atoms with van der Waals surface area (Å²) >= 11 is 0. The third-order valence-corrected chi connectivity index (χ3v) is 4.75. The van der Waals surface area contributed by atoms with Crippen molar-refractivity contribution in [2.45, 2.75) is 25.8 Å². The molecule has 5 nitrogen and oxygen atoms in total. The van der Waals surface area contributed by atoms with Crippen molar-refractivity contribution in [3.63, 3.8) is 0 Å². The van der Waals surface area contributed by atoms with E-state index in [0.29, 0.717) is 12.0 Å². The average molecular weight is 361 g/mol. The lowest BCUT2D eigenvalue weighted by Crippen LogP contribution is -2.52. The minimum absolute atomic E-state index is 0. The smallest absolute Gasteiger partial charge is 0.223 e. The predicted molar refractivity (Wildman–Crippen MR) is 97.6 cm³/mol. The Labute approximate surface area is 150 Å². The number of amides is 1. The molecular weight excluding hydrogens is 335 g/mol. The van der Waals surface area contributed by atoms with Gasteiger partial charge in [0.15, 0.2) is 0 Å². The van der Waals surface area contributed by atoms with E-state index in [9.17, 15) is 4.79 Å². The SMILES string of the molecule is CC(C(=O)NC1CCN(c2ccccn2)CC1)C1CNC1.Cl.Cl. The quantitative estimate of drug-likeness (QED) is 0.860. The molecule has 23 heavy (non-hydrogen) atoms. The molecule has 2 saturated heterocycles. The minimum atomic E-state index is 0. The van der Waals surface area contributed by atoms with E-state index in [2.05, 4.69) is 20.5 Å². The fraction of sp³-hybridized carbons (Fsp3) is 0.625. The van der Waals surface area contributed by atoms with E-state index < -0.39 is 0 Å². The maximum Gasteiger partial charge on any atom is 0.223 e. The standard InChI is InChI=1S/C16H24N4O.2ClH/c1-12(13-10-17-11-13)16(21)19-14-5-8-20(9-6-14)15-4-2-3-7-18-15;;/h2-4,7,12-14,17H,5-6,8-11H2,1H3,(H,19,21);2*1H. The van der Waals surface area contributed by atoms with Crippen LogP contribution in [0.2, 0.25) is 0 Å². The van der Waals surface area contributed by atoms with Crippen molar-refractivity contribution in [3.05, 3.63) is 24.4 Å². The molecule has 0 bridgehead atoms. The highest BCUT2D eigenvalue weighted by molar-refractivity contribution is 5.85.